The van der Waals surface area contributed by atoms with E-state index >= 15 is 0 Å². The van der Waals surface area contributed by atoms with E-state index in [1.165, 1.54) is 0 Å². The van der Waals surface area contributed by atoms with Gasteiger partial charge in [0.05, 0.1) is 4.90 Å². The molecule has 1 aromatic carbocycles. The van der Waals surface area contributed by atoms with Gasteiger partial charge in [-0.15, -0.1) is 0 Å². The Kier molecular flexibility index (Phi) is 4.59. The monoisotopic (exact) mass is 360 g/mol. The highest BCUT2D eigenvalue weighted by atomic mass is 79.9. The minimum atomic E-state index is -3.44. The fraction of sp³-hybridized carbons (Fsp3) is 0.571. The molecular formula is C14H21BrN2O2S. The summed E-state index contributed by atoms with van der Waals surface area (Å²) in [6.07, 6.45) is 1.78. The van der Waals surface area contributed by atoms with E-state index in [-0.39, 0.29) is 5.41 Å². The summed E-state index contributed by atoms with van der Waals surface area (Å²) in [6, 6.07) is 5.25. The van der Waals surface area contributed by atoms with Crippen molar-refractivity contribution in [2.24, 2.45) is 11.1 Å². The molecule has 4 nitrogen and oxygen atoms in total. The van der Waals surface area contributed by atoms with Gasteiger partial charge in [-0.3, -0.25) is 0 Å². The molecule has 1 aliphatic rings. The normalized spacial score (nSPS) is 20.0. The Morgan fingerprint density at radius 1 is 1.30 bits per heavy atom. The summed E-state index contributed by atoms with van der Waals surface area (Å²) in [7, 11) is -3.44. The topological polar surface area (TPSA) is 63.4 Å². The van der Waals surface area contributed by atoms with Crippen LogP contribution < -0.4 is 5.73 Å². The molecule has 1 aliphatic heterocycles. The van der Waals surface area contributed by atoms with Crippen molar-refractivity contribution >= 4 is 26.0 Å². The average molecular weight is 361 g/mol. The molecule has 2 N–H and O–H groups in total. The molecule has 0 unspecified atom stereocenters. The first-order chi connectivity index (χ1) is 9.26. The molecule has 1 saturated heterocycles. The van der Waals surface area contributed by atoms with E-state index in [4.69, 9.17) is 5.73 Å². The highest BCUT2D eigenvalue weighted by Gasteiger charge is 2.33. The number of piperidine rings is 1. The molecule has 0 aliphatic carbocycles. The van der Waals surface area contributed by atoms with Gasteiger partial charge < -0.3 is 5.73 Å². The van der Waals surface area contributed by atoms with E-state index < -0.39 is 10.0 Å². The molecule has 0 amide bonds. The van der Waals surface area contributed by atoms with Gasteiger partial charge in [-0.25, -0.2) is 8.42 Å². The third kappa shape index (κ3) is 3.24. The van der Waals surface area contributed by atoms with Crippen molar-refractivity contribution in [3.8, 4) is 0 Å². The summed E-state index contributed by atoms with van der Waals surface area (Å²) in [5, 5.41) is 0. The number of sulfonamides is 1. The molecule has 20 heavy (non-hydrogen) atoms. The van der Waals surface area contributed by atoms with Crippen molar-refractivity contribution in [1.82, 2.24) is 4.31 Å². The van der Waals surface area contributed by atoms with E-state index in [0.29, 0.717) is 29.0 Å². The number of nitrogens with two attached hydrogens (primary N) is 1. The van der Waals surface area contributed by atoms with Crippen molar-refractivity contribution in [2.45, 2.75) is 38.1 Å². The van der Waals surface area contributed by atoms with Gasteiger partial charge in [-0.05, 0) is 51.9 Å². The first-order valence-corrected chi connectivity index (χ1v) is 8.98. The zero-order chi connectivity index (χ0) is 15.0. The van der Waals surface area contributed by atoms with E-state index in [1.807, 2.05) is 6.07 Å². The lowest BCUT2D eigenvalue weighted by molar-refractivity contribution is 0.196. The highest BCUT2D eigenvalue weighted by molar-refractivity contribution is 9.10. The van der Waals surface area contributed by atoms with Gasteiger partial charge in [-0.1, -0.05) is 19.9 Å². The lowest BCUT2D eigenvalue weighted by Crippen LogP contribution is -2.41. The van der Waals surface area contributed by atoms with Crippen LogP contribution >= 0.6 is 15.9 Å². The van der Waals surface area contributed by atoms with Crippen molar-refractivity contribution in [2.75, 3.05) is 13.1 Å². The largest absolute Gasteiger partial charge is 0.326 e. The number of benzene rings is 1. The maximum absolute atomic E-state index is 12.7. The van der Waals surface area contributed by atoms with Gasteiger partial charge in [0, 0.05) is 24.1 Å². The summed E-state index contributed by atoms with van der Waals surface area (Å²) in [6.45, 7) is 5.86. The second-order valence-corrected chi connectivity index (χ2v) is 8.80. The fourth-order valence-electron chi connectivity index (χ4n) is 2.34. The van der Waals surface area contributed by atoms with E-state index in [2.05, 4.69) is 29.8 Å². The quantitative estimate of drug-likeness (QED) is 0.900. The molecule has 1 fully saturated rings. The van der Waals surface area contributed by atoms with Crippen LogP contribution in [0.25, 0.3) is 0 Å². The number of hydrogen-bond donors (Lipinski definition) is 1. The van der Waals surface area contributed by atoms with E-state index in [1.54, 1.807) is 16.4 Å². The van der Waals surface area contributed by atoms with Crippen LogP contribution in [0.2, 0.25) is 0 Å². The molecule has 0 bridgehead atoms. The molecule has 0 spiro atoms. The van der Waals surface area contributed by atoms with Crippen LogP contribution in [-0.2, 0) is 16.6 Å². The zero-order valence-corrected chi connectivity index (χ0v) is 14.3. The standard InChI is InChI=1S/C14H21BrN2O2S/c1-14(2)5-7-17(8-6-14)20(18,19)13-9-11(10-16)3-4-12(13)15/h3-4,9H,5-8,10,16H2,1-2H3. The summed E-state index contributed by atoms with van der Waals surface area (Å²) < 4.78 is 27.7. The predicted octanol–water partition coefficient (Wildman–Crippen LogP) is 2.72. The molecule has 0 aromatic heterocycles. The molecule has 0 saturated carbocycles. The minimum Gasteiger partial charge on any atom is -0.326 e. The van der Waals surface area contributed by atoms with Gasteiger partial charge in [0.1, 0.15) is 0 Å². The minimum absolute atomic E-state index is 0.225. The second-order valence-electron chi connectivity index (χ2n) is 6.04. The summed E-state index contributed by atoms with van der Waals surface area (Å²) in [5.74, 6) is 0. The summed E-state index contributed by atoms with van der Waals surface area (Å²) in [5.41, 5.74) is 6.65. The molecule has 1 heterocycles. The Morgan fingerprint density at radius 2 is 1.90 bits per heavy atom. The number of nitrogens with zero attached hydrogens (tertiary/aromatic N) is 1. The van der Waals surface area contributed by atoms with Crippen LogP contribution in [-0.4, -0.2) is 25.8 Å². The predicted molar refractivity (Wildman–Crippen MR) is 83.8 cm³/mol. The van der Waals surface area contributed by atoms with E-state index in [0.717, 1.165) is 18.4 Å². The van der Waals surface area contributed by atoms with E-state index in [9.17, 15) is 8.42 Å². The Morgan fingerprint density at radius 3 is 2.45 bits per heavy atom. The van der Waals surface area contributed by atoms with Gasteiger partial charge >= 0.3 is 0 Å². The second kappa shape index (κ2) is 5.75. The zero-order valence-electron chi connectivity index (χ0n) is 11.9. The Hall–Kier alpha value is -0.430. The van der Waals surface area contributed by atoms with Crippen LogP contribution in [0, 0.1) is 5.41 Å². The highest BCUT2D eigenvalue weighted by Crippen LogP contribution is 2.34. The molecule has 1 aromatic rings. The average Bonchev–Trinajstić information content (AvgIpc) is 2.38. The van der Waals surface area contributed by atoms with Crippen LogP contribution in [0.15, 0.2) is 27.6 Å². The Balaban J connectivity index is 2.31. The lowest BCUT2D eigenvalue weighted by Gasteiger charge is -2.36. The van der Waals surface area contributed by atoms with Gasteiger partial charge in [0.15, 0.2) is 0 Å². The van der Waals surface area contributed by atoms with Crippen molar-refractivity contribution in [3.05, 3.63) is 28.2 Å². The molecule has 6 heteroatoms. The first-order valence-electron chi connectivity index (χ1n) is 6.75. The number of hydrogen-bond acceptors (Lipinski definition) is 3. The maximum atomic E-state index is 12.7. The van der Waals surface area contributed by atoms with Crippen LogP contribution in [0.3, 0.4) is 0 Å². The van der Waals surface area contributed by atoms with Crippen LogP contribution in [0.1, 0.15) is 32.3 Å². The lowest BCUT2D eigenvalue weighted by atomic mass is 9.83. The Bertz CT molecular complexity index is 589. The van der Waals surface area contributed by atoms with Crippen LogP contribution in [0.4, 0.5) is 0 Å². The van der Waals surface area contributed by atoms with Gasteiger partial charge in [0.25, 0.3) is 0 Å². The summed E-state index contributed by atoms with van der Waals surface area (Å²) >= 11 is 3.34. The van der Waals surface area contributed by atoms with Gasteiger partial charge in [-0.2, -0.15) is 4.31 Å². The fourth-order valence-corrected chi connectivity index (χ4v) is 4.76. The van der Waals surface area contributed by atoms with Crippen molar-refractivity contribution < 1.29 is 8.42 Å². The molecule has 0 radical (unpaired) electrons. The first kappa shape index (κ1) is 15.9. The molecule has 0 atom stereocenters. The summed E-state index contributed by atoms with van der Waals surface area (Å²) in [4.78, 5) is 0.320. The maximum Gasteiger partial charge on any atom is 0.244 e. The third-order valence-electron chi connectivity index (χ3n) is 3.93. The Labute approximate surface area is 129 Å². The van der Waals surface area contributed by atoms with Crippen LogP contribution in [0.5, 0.6) is 0 Å². The SMILES string of the molecule is CC1(C)CCN(S(=O)(=O)c2cc(CN)ccc2Br)CC1. The number of halogens is 1. The molecular weight excluding hydrogens is 340 g/mol. The third-order valence-corrected chi connectivity index (χ3v) is 6.82. The van der Waals surface area contributed by atoms with Gasteiger partial charge in [0.2, 0.25) is 10.0 Å². The number of rotatable bonds is 3. The molecule has 112 valence electrons. The van der Waals surface area contributed by atoms with Crippen molar-refractivity contribution in [1.29, 1.82) is 0 Å². The molecule has 2 rings (SSSR count). The van der Waals surface area contributed by atoms with Crippen molar-refractivity contribution in [3.63, 3.8) is 0 Å². The smallest absolute Gasteiger partial charge is 0.244 e.